The molecule has 1 saturated heterocycles. The summed E-state index contributed by atoms with van der Waals surface area (Å²) in [6.07, 6.45) is -0.256. The summed E-state index contributed by atoms with van der Waals surface area (Å²) in [5, 5.41) is 12.6. The monoisotopic (exact) mass is 356 g/mol. The third-order valence-electron chi connectivity index (χ3n) is 4.49. The fourth-order valence-electron chi connectivity index (χ4n) is 3.20. The Kier molecular flexibility index (Phi) is 4.65. The Morgan fingerprint density at radius 1 is 1.12 bits per heavy atom. The largest absolute Gasteiger partial charge is 0.388 e. The second-order valence-electron chi connectivity index (χ2n) is 6.22. The molecule has 5 nitrogen and oxygen atoms in total. The van der Waals surface area contributed by atoms with Gasteiger partial charge in [0, 0.05) is 22.8 Å². The normalized spacial score (nSPS) is 21.6. The van der Waals surface area contributed by atoms with Gasteiger partial charge in [-0.1, -0.05) is 36.0 Å². The molecule has 2 heterocycles. The Hall–Kier alpha value is -2.02. The average Bonchev–Trinajstić information content (AvgIpc) is 3.03. The minimum atomic E-state index is -0.614. The molecule has 2 N–H and O–H groups in total. The summed E-state index contributed by atoms with van der Waals surface area (Å²) in [5.74, 6) is -0.0669. The van der Waals surface area contributed by atoms with Crippen molar-refractivity contribution in [1.29, 1.82) is 0 Å². The van der Waals surface area contributed by atoms with E-state index >= 15 is 0 Å². The molecule has 1 amide bonds. The Bertz CT molecular complexity index is 737. The Morgan fingerprint density at radius 3 is 2.36 bits per heavy atom. The lowest BCUT2D eigenvalue weighted by atomic mass is 10.2. The highest BCUT2D eigenvalue weighted by atomic mass is 32.2. The van der Waals surface area contributed by atoms with Crippen molar-refractivity contribution in [3.05, 3.63) is 48.5 Å². The number of nitrogens with one attached hydrogen (secondary N) is 1. The predicted molar refractivity (Wildman–Crippen MR) is 97.4 cm³/mol. The quantitative estimate of drug-likeness (QED) is 0.882. The molecule has 130 valence electrons. The van der Waals surface area contributed by atoms with Gasteiger partial charge in [0.15, 0.2) is 0 Å². The van der Waals surface area contributed by atoms with Crippen LogP contribution < -0.4 is 10.2 Å². The van der Waals surface area contributed by atoms with Gasteiger partial charge in [0.05, 0.1) is 36.7 Å². The van der Waals surface area contributed by atoms with E-state index in [0.717, 1.165) is 11.4 Å². The van der Waals surface area contributed by atoms with Gasteiger partial charge in [0.1, 0.15) is 0 Å². The van der Waals surface area contributed by atoms with E-state index in [9.17, 15) is 9.90 Å². The number of para-hydroxylation sites is 2. The van der Waals surface area contributed by atoms with Crippen molar-refractivity contribution in [3.8, 4) is 0 Å². The zero-order valence-corrected chi connectivity index (χ0v) is 14.5. The van der Waals surface area contributed by atoms with E-state index in [2.05, 4.69) is 34.5 Å². The van der Waals surface area contributed by atoms with Gasteiger partial charge in [0.2, 0.25) is 5.91 Å². The highest BCUT2D eigenvalue weighted by Crippen LogP contribution is 2.47. The molecule has 1 fully saturated rings. The summed E-state index contributed by atoms with van der Waals surface area (Å²) in [6, 6.07) is 16.2. The number of ether oxygens (including phenoxy) is 1. The van der Waals surface area contributed by atoms with Gasteiger partial charge >= 0.3 is 0 Å². The summed E-state index contributed by atoms with van der Waals surface area (Å²) in [4.78, 5) is 16.9. The Labute approximate surface area is 151 Å². The van der Waals surface area contributed by atoms with Crippen LogP contribution in [0, 0.1) is 0 Å². The first-order valence-electron chi connectivity index (χ1n) is 8.41. The molecule has 2 aromatic rings. The van der Waals surface area contributed by atoms with E-state index < -0.39 is 6.10 Å². The predicted octanol–water partition coefficient (Wildman–Crippen LogP) is 2.56. The number of benzene rings is 2. The molecule has 4 rings (SSSR count). The van der Waals surface area contributed by atoms with Crippen LogP contribution in [0.5, 0.6) is 0 Å². The third-order valence-corrected chi connectivity index (χ3v) is 5.62. The number of hydrogen-bond acceptors (Lipinski definition) is 5. The third kappa shape index (κ3) is 3.38. The fraction of sp³-hybridized carbons (Fsp3) is 0.316. The van der Waals surface area contributed by atoms with Crippen LogP contribution in [0.25, 0.3) is 0 Å². The van der Waals surface area contributed by atoms with Crippen LogP contribution in [0.3, 0.4) is 0 Å². The van der Waals surface area contributed by atoms with Crippen LogP contribution in [0.15, 0.2) is 58.3 Å². The van der Waals surface area contributed by atoms with Crippen molar-refractivity contribution >= 4 is 29.0 Å². The second-order valence-corrected chi connectivity index (χ2v) is 7.30. The summed E-state index contributed by atoms with van der Waals surface area (Å²) in [6.45, 7) is 1.25. The molecule has 2 aliphatic rings. The van der Waals surface area contributed by atoms with Crippen molar-refractivity contribution in [2.45, 2.75) is 28.4 Å². The number of carbonyl (C=O) groups excluding carboxylic acids is 1. The van der Waals surface area contributed by atoms with Gasteiger partial charge in [-0.15, -0.1) is 0 Å². The Balaban J connectivity index is 1.49. The first-order chi connectivity index (χ1) is 12.2. The zero-order chi connectivity index (χ0) is 17.2. The van der Waals surface area contributed by atoms with Crippen LogP contribution >= 0.6 is 11.8 Å². The summed E-state index contributed by atoms with van der Waals surface area (Å²) in [5.41, 5.74) is 2.26. The molecule has 0 unspecified atom stereocenters. The number of anilines is 2. The van der Waals surface area contributed by atoms with E-state index in [1.165, 1.54) is 9.79 Å². The van der Waals surface area contributed by atoms with E-state index in [1.807, 2.05) is 24.3 Å². The second kappa shape index (κ2) is 7.07. The van der Waals surface area contributed by atoms with E-state index in [4.69, 9.17) is 4.74 Å². The summed E-state index contributed by atoms with van der Waals surface area (Å²) < 4.78 is 5.18. The molecule has 25 heavy (non-hydrogen) atoms. The number of carbonyl (C=O) groups is 1. The molecular weight excluding hydrogens is 336 g/mol. The molecule has 0 bridgehead atoms. The van der Waals surface area contributed by atoms with Gasteiger partial charge in [0.25, 0.3) is 0 Å². The van der Waals surface area contributed by atoms with Crippen molar-refractivity contribution in [2.75, 3.05) is 24.7 Å². The van der Waals surface area contributed by atoms with Gasteiger partial charge in [-0.25, -0.2) is 0 Å². The maximum Gasteiger partial charge on any atom is 0.222 e. The molecular formula is C19H20N2O3S. The van der Waals surface area contributed by atoms with Crippen LogP contribution in [-0.4, -0.2) is 42.9 Å². The van der Waals surface area contributed by atoms with Crippen molar-refractivity contribution in [2.24, 2.45) is 0 Å². The maximum atomic E-state index is 12.3. The number of fused-ring (bicyclic) bond motifs is 2. The first kappa shape index (κ1) is 16.4. The number of nitrogens with zero attached hydrogens (tertiary/aromatic N) is 1. The van der Waals surface area contributed by atoms with Crippen molar-refractivity contribution in [1.82, 2.24) is 5.32 Å². The molecule has 0 aromatic heterocycles. The number of aliphatic hydroxyl groups is 1. The first-order valence-corrected chi connectivity index (χ1v) is 9.22. The molecule has 0 radical (unpaired) electrons. The number of amides is 1. The van der Waals surface area contributed by atoms with E-state index in [1.54, 1.807) is 11.8 Å². The highest BCUT2D eigenvalue weighted by molar-refractivity contribution is 7.99. The topological polar surface area (TPSA) is 61.8 Å². The van der Waals surface area contributed by atoms with Crippen molar-refractivity contribution in [3.63, 3.8) is 0 Å². The molecule has 0 spiro atoms. The van der Waals surface area contributed by atoms with Gasteiger partial charge < -0.3 is 20.1 Å². The SMILES string of the molecule is O=C(CCN1c2ccccc2Sc2ccccc21)N[C@@H]1COC[C@H]1O. The lowest BCUT2D eigenvalue weighted by Crippen LogP contribution is -2.43. The Morgan fingerprint density at radius 2 is 1.76 bits per heavy atom. The standard InChI is InChI=1S/C19H20N2O3S/c22-16-12-24-11-13(16)20-19(23)9-10-21-14-5-1-3-7-17(14)25-18-8-4-2-6-15(18)21/h1-8,13,16,22H,9-12H2,(H,20,23)/t13-,16-/m1/s1. The van der Waals surface area contributed by atoms with Crippen molar-refractivity contribution < 1.29 is 14.6 Å². The lowest BCUT2D eigenvalue weighted by molar-refractivity contribution is -0.122. The zero-order valence-electron chi connectivity index (χ0n) is 13.7. The van der Waals surface area contributed by atoms with Crippen LogP contribution in [0.1, 0.15) is 6.42 Å². The molecule has 2 aliphatic heterocycles. The molecule has 2 atom stereocenters. The van der Waals surface area contributed by atoms with E-state index in [-0.39, 0.29) is 18.6 Å². The number of aliphatic hydroxyl groups excluding tert-OH is 1. The fourth-order valence-corrected chi connectivity index (χ4v) is 4.29. The molecule has 0 aliphatic carbocycles. The summed E-state index contributed by atoms with van der Waals surface area (Å²) in [7, 11) is 0. The minimum Gasteiger partial charge on any atom is -0.388 e. The molecule has 2 aromatic carbocycles. The average molecular weight is 356 g/mol. The summed E-state index contributed by atoms with van der Waals surface area (Å²) >= 11 is 1.76. The molecule has 0 saturated carbocycles. The van der Waals surface area contributed by atoms with Crippen LogP contribution in [-0.2, 0) is 9.53 Å². The minimum absolute atomic E-state index is 0.0669. The molecule has 6 heteroatoms. The van der Waals surface area contributed by atoms with Gasteiger partial charge in [-0.2, -0.15) is 0 Å². The van der Waals surface area contributed by atoms with Gasteiger partial charge in [-0.05, 0) is 24.3 Å². The number of hydrogen-bond donors (Lipinski definition) is 2. The van der Waals surface area contributed by atoms with Crippen LogP contribution in [0.2, 0.25) is 0 Å². The maximum absolute atomic E-state index is 12.3. The van der Waals surface area contributed by atoms with E-state index in [0.29, 0.717) is 19.6 Å². The van der Waals surface area contributed by atoms with Gasteiger partial charge in [-0.3, -0.25) is 4.79 Å². The highest BCUT2D eigenvalue weighted by Gasteiger charge is 2.28. The smallest absolute Gasteiger partial charge is 0.222 e. The van der Waals surface area contributed by atoms with Crippen LogP contribution in [0.4, 0.5) is 11.4 Å². The lowest BCUT2D eigenvalue weighted by Gasteiger charge is -2.32. The number of rotatable bonds is 4.